The molecule has 0 spiro atoms. The second-order valence-corrected chi connectivity index (χ2v) is 8.92. The summed E-state index contributed by atoms with van der Waals surface area (Å²) in [6.07, 6.45) is 3.70. The number of hydrogen-bond acceptors (Lipinski definition) is 6. The third-order valence-electron chi connectivity index (χ3n) is 7.05. The maximum absolute atomic E-state index is 5.84. The Morgan fingerprint density at radius 1 is 0.684 bits per heavy atom. The van der Waals surface area contributed by atoms with Crippen molar-refractivity contribution in [3.8, 4) is 45.8 Å². The van der Waals surface area contributed by atoms with E-state index in [1.54, 1.807) is 42.7 Å². The molecule has 5 rings (SSSR count). The molecule has 0 amide bonds. The monoisotopic (exact) mass is 581 g/mol. The first-order valence-corrected chi connectivity index (χ1v) is 12.1. The van der Waals surface area contributed by atoms with E-state index in [2.05, 4.69) is 41.1 Å². The number of rotatable bonds is 8. The number of benzene rings is 3. The first-order chi connectivity index (χ1) is 18.0. The van der Waals surface area contributed by atoms with Gasteiger partial charge < -0.3 is 45.4 Å². The Labute approximate surface area is 233 Å². The number of aryl methyl sites for hydroxylation is 2. The Hall–Kier alpha value is -3.65. The molecule has 200 valence electrons. The van der Waals surface area contributed by atoms with Crippen molar-refractivity contribution in [1.82, 2.24) is 0 Å². The lowest BCUT2D eigenvalue weighted by molar-refractivity contribution is -0.686. The molecular formula is C30H32BrNO6. The average Bonchev–Trinajstić information content (AvgIpc) is 2.94. The van der Waals surface area contributed by atoms with Gasteiger partial charge in [-0.1, -0.05) is 0 Å². The van der Waals surface area contributed by atoms with Crippen LogP contribution in [0.3, 0.4) is 0 Å². The minimum absolute atomic E-state index is 0. The summed E-state index contributed by atoms with van der Waals surface area (Å²) < 4.78 is 36.2. The molecule has 7 nitrogen and oxygen atoms in total. The highest BCUT2D eigenvalue weighted by Crippen LogP contribution is 2.43. The van der Waals surface area contributed by atoms with E-state index in [9.17, 15) is 0 Å². The van der Waals surface area contributed by atoms with Crippen LogP contribution in [0.25, 0.3) is 22.0 Å². The van der Waals surface area contributed by atoms with Gasteiger partial charge in [-0.05, 0) is 47.5 Å². The van der Waals surface area contributed by atoms with Crippen molar-refractivity contribution in [2.24, 2.45) is 0 Å². The molecule has 2 heterocycles. The van der Waals surface area contributed by atoms with Crippen LogP contribution in [0.1, 0.15) is 16.7 Å². The van der Waals surface area contributed by atoms with Crippen molar-refractivity contribution in [2.45, 2.75) is 19.4 Å². The molecule has 8 heteroatoms. The zero-order valence-electron chi connectivity index (χ0n) is 22.5. The first-order valence-electron chi connectivity index (χ1n) is 12.1. The summed E-state index contributed by atoms with van der Waals surface area (Å²) in [4.78, 5) is 0. The average molecular weight is 582 g/mol. The molecule has 0 unspecified atom stereocenters. The van der Waals surface area contributed by atoms with Crippen LogP contribution in [0.2, 0.25) is 0 Å². The zero-order valence-corrected chi connectivity index (χ0v) is 24.1. The number of hydrogen-bond donors (Lipinski definition) is 0. The lowest BCUT2D eigenvalue weighted by atomic mass is 9.88. The van der Waals surface area contributed by atoms with Crippen molar-refractivity contribution in [2.75, 3.05) is 42.7 Å². The molecule has 0 atom stereocenters. The van der Waals surface area contributed by atoms with Crippen molar-refractivity contribution in [1.29, 1.82) is 0 Å². The van der Waals surface area contributed by atoms with Gasteiger partial charge in [-0.3, -0.25) is 0 Å². The van der Waals surface area contributed by atoms with E-state index < -0.39 is 0 Å². The molecule has 38 heavy (non-hydrogen) atoms. The quantitative estimate of drug-likeness (QED) is 0.297. The Morgan fingerprint density at radius 3 is 1.95 bits per heavy atom. The van der Waals surface area contributed by atoms with Gasteiger partial charge >= 0.3 is 0 Å². The molecule has 0 saturated heterocycles. The molecule has 0 radical (unpaired) electrons. The lowest BCUT2D eigenvalue weighted by Crippen LogP contribution is -3.00. The molecule has 0 N–H and O–H groups in total. The Kier molecular flexibility index (Phi) is 8.21. The number of nitrogens with zero attached hydrogens (tertiary/aromatic N) is 1. The van der Waals surface area contributed by atoms with Crippen molar-refractivity contribution in [3.63, 3.8) is 0 Å². The van der Waals surface area contributed by atoms with Gasteiger partial charge in [0.1, 0.15) is 11.5 Å². The molecule has 1 aliphatic rings. The van der Waals surface area contributed by atoms with Crippen molar-refractivity contribution >= 4 is 10.8 Å². The largest absolute Gasteiger partial charge is 1.00 e. The maximum atomic E-state index is 5.84. The SMILES string of the molecule is COc1cc(Cc2c3[n+](cc4c(OC)c(OC)ccc24)CCc2cc(OC)c(OC)cc2-3)cc(OC)c1.[Br-]. The first kappa shape index (κ1) is 27.4. The Balaban J connectivity index is 0.00000336. The fraction of sp³-hybridized carbons (Fsp3) is 0.300. The summed E-state index contributed by atoms with van der Waals surface area (Å²) >= 11 is 0. The number of pyridine rings is 1. The summed E-state index contributed by atoms with van der Waals surface area (Å²) in [5.74, 6) is 4.37. The van der Waals surface area contributed by atoms with Gasteiger partial charge in [0.25, 0.3) is 0 Å². The highest BCUT2D eigenvalue weighted by Gasteiger charge is 2.31. The predicted octanol–water partition coefficient (Wildman–Crippen LogP) is 2.00. The molecule has 0 aliphatic carbocycles. The van der Waals surface area contributed by atoms with Gasteiger partial charge in [0.05, 0.1) is 53.6 Å². The van der Waals surface area contributed by atoms with E-state index in [0.717, 1.165) is 63.6 Å². The number of ether oxygens (including phenoxy) is 6. The van der Waals surface area contributed by atoms with Gasteiger partial charge in [-0.15, -0.1) is 0 Å². The standard InChI is InChI=1S/C30H32NO6.BrH/c1-32-20-11-18(12-21(15-20)33-2)13-24-22-7-8-26(34-3)30(37-6)25(22)17-31-10-9-19-14-27(35-4)28(36-5)16-23(19)29(24)31;/h7-8,11-12,14-17H,9-10,13H2,1-6H3;1H/q+1;/p-1. The topological polar surface area (TPSA) is 59.3 Å². The minimum atomic E-state index is 0. The normalized spacial score (nSPS) is 11.6. The summed E-state index contributed by atoms with van der Waals surface area (Å²) in [5, 5.41) is 2.09. The summed E-state index contributed by atoms with van der Waals surface area (Å²) in [5.41, 5.74) is 5.74. The number of methoxy groups -OCH3 is 6. The van der Waals surface area contributed by atoms with Crippen molar-refractivity contribution < 1.29 is 50.0 Å². The van der Waals surface area contributed by atoms with Gasteiger partial charge in [0.2, 0.25) is 5.69 Å². The van der Waals surface area contributed by atoms with Crippen LogP contribution in [0.15, 0.2) is 48.7 Å². The highest BCUT2D eigenvalue weighted by molar-refractivity contribution is 5.95. The molecular weight excluding hydrogens is 550 g/mol. The molecule has 1 aromatic heterocycles. The van der Waals surface area contributed by atoms with E-state index in [1.165, 1.54) is 11.1 Å². The molecule has 3 aromatic carbocycles. The molecule has 0 fully saturated rings. The lowest BCUT2D eigenvalue weighted by Gasteiger charge is -2.22. The molecule has 4 aromatic rings. The van der Waals surface area contributed by atoms with E-state index in [0.29, 0.717) is 17.9 Å². The van der Waals surface area contributed by atoms with Crippen LogP contribution in [0.5, 0.6) is 34.5 Å². The van der Waals surface area contributed by atoms with Crippen LogP contribution in [-0.2, 0) is 19.4 Å². The molecule has 1 aliphatic heterocycles. The Bertz CT molecular complexity index is 1460. The van der Waals surface area contributed by atoms with Crippen LogP contribution in [-0.4, -0.2) is 42.7 Å². The summed E-state index contributed by atoms with van der Waals surface area (Å²) in [6, 6.07) is 14.2. The molecule has 0 bridgehead atoms. The van der Waals surface area contributed by atoms with Gasteiger partial charge in [-0.25, -0.2) is 0 Å². The van der Waals surface area contributed by atoms with E-state index in [1.807, 2.05) is 12.1 Å². The number of fused-ring (bicyclic) bond motifs is 4. The smallest absolute Gasteiger partial charge is 0.217 e. The summed E-state index contributed by atoms with van der Waals surface area (Å²) in [7, 11) is 10.0. The van der Waals surface area contributed by atoms with Crippen LogP contribution in [0.4, 0.5) is 0 Å². The third kappa shape index (κ3) is 4.69. The van der Waals surface area contributed by atoms with E-state index in [4.69, 9.17) is 28.4 Å². The van der Waals surface area contributed by atoms with Crippen LogP contribution in [0, 0.1) is 0 Å². The fourth-order valence-corrected chi connectivity index (χ4v) is 5.30. The van der Waals surface area contributed by atoms with Gasteiger partial charge in [0, 0.05) is 29.9 Å². The second-order valence-electron chi connectivity index (χ2n) is 8.92. The highest BCUT2D eigenvalue weighted by atomic mass is 79.9. The van der Waals surface area contributed by atoms with Crippen LogP contribution >= 0.6 is 0 Å². The number of aromatic nitrogens is 1. The summed E-state index contributed by atoms with van der Waals surface area (Å²) in [6.45, 7) is 0.822. The van der Waals surface area contributed by atoms with Gasteiger partial charge in [0.15, 0.2) is 35.7 Å². The van der Waals surface area contributed by atoms with E-state index >= 15 is 0 Å². The fourth-order valence-electron chi connectivity index (χ4n) is 5.30. The second kappa shape index (κ2) is 11.4. The molecule has 0 saturated carbocycles. The maximum Gasteiger partial charge on any atom is 0.217 e. The zero-order chi connectivity index (χ0) is 26.1. The third-order valence-corrected chi connectivity index (χ3v) is 7.05. The van der Waals surface area contributed by atoms with Crippen LogP contribution < -0.4 is 50.0 Å². The predicted molar refractivity (Wildman–Crippen MR) is 142 cm³/mol. The van der Waals surface area contributed by atoms with Gasteiger partial charge in [-0.2, -0.15) is 4.57 Å². The minimum Gasteiger partial charge on any atom is -1.00 e. The Morgan fingerprint density at radius 2 is 1.34 bits per heavy atom. The van der Waals surface area contributed by atoms with E-state index in [-0.39, 0.29) is 17.0 Å². The van der Waals surface area contributed by atoms with Crippen molar-refractivity contribution in [3.05, 3.63) is 65.4 Å². The number of halogens is 1.